The number of aryl methyl sites for hydroxylation is 1. The number of amides is 1. The van der Waals surface area contributed by atoms with Crippen LogP contribution in [0.1, 0.15) is 55.5 Å². The van der Waals surface area contributed by atoms with Crippen molar-refractivity contribution in [1.82, 2.24) is 5.32 Å². The normalized spacial score (nSPS) is 21.2. The van der Waals surface area contributed by atoms with Crippen molar-refractivity contribution in [2.45, 2.75) is 58.6 Å². The van der Waals surface area contributed by atoms with Crippen LogP contribution in [0, 0.1) is 23.0 Å². The molecule has 3 atom stereocenters. The minimum atomic E-state index is -0.919. The van der Waals surface area contributed by atoms with Crippen molar-refractivity contribution in [3.05, 3.63) is 39.4 Å². The second kappa shape index (κ2) is 8.09. The summed E-state index contributed by atoms with van der Waals surface area (Å²) in [6, 6.07) is 4.11. The fourth-order valence-corrected chi connectivity index (χ4v) is 3.10. The fourth-order valence-electron chi connectivity index (χ4n) is 3.10. The molecule has 0 spiro atoms. The average molecular weight is 348 g/mol. The molecule has 1 N–H and O–H groups in total. The number of esters is 1. The third-order valence-electron chi connectivity index (χ3n) is 4.72. The van der Waals surface area contributed by atoms with E-state index in [1.165, 1.54) is 31.5 Å². The number of benzene rings is 1. The summed E-state index contributed by atoms with van der Waals surface area (Å²) in [6.45, 7) is 5.19. The topological polar surface area (TPSA) is 98.5 Å². The predicted octanol–water partition coefficient (Wildman–Crippen LogP) is 3.14. The van der Waals surface area contributed by atoms with Gasteiger partial charge in [-0.2, -0.15) is 0 Å². The largest absolute Gasteiger partial charge is 0.449 e. The zero-order valence-electron chi connectivity index (χ0n) is 14.8. The highest BCUT2D eigenvalue weighted by atomic mass is 16.6. The molecule has 0 saturated heterocycles. The van der Waals surface area contributed by atoms with Crippen LogP contribution < -0.4 is 5.32 Å². The van der Waals surface area contributed by atoms with E-state index in [9.17, 15) is 19.7 Å². The second-order valence-electron chi connectivity index (χ2n) is 6.68. The Balaban J connectivity index is 1.96. The van der Waals surface area contributed by atoms with Gasteiger partial charge in [0.15, 0.2) is 6.10 Å². The maximum Gasteiger partial charge on any atom is 0.338 e. The number of nitrogens with zero attached hydrogens (tertiary/aromatic N) is 1. The van der Waals surface area contributed by atoms with Crippen LogP contribution >= 0.6 is 0 Å². The Hall–Kier alpha value is -2.44. The summed E-state index contributed by atoms with van der Waals surface area (Å²) in [6.07, 6.45) is 3.37. The number of carbonyl (C=O) groups excluding carboxylic acids is 2. The Morgan fingerprint density at radius 1 is 1.32 bits per heavy atom. The molecule has 0 radical (unpaired) electrons. The number of hydrogen-bond acceptors (Lipinski definition) is 5. The number of nitro benzene ring substituents is 1. The molecule has 1 aliphatic carbocycles. The quantitative estimate of drug-likeness (QED) is 0.501. The van der Waals surface area contributed by atoms with Crippen LogP contribution in [0.2, 0.25) is 0 Å². The molecule has 136 valence electrons. The minimum absolute atomic E-state index is 0.0615. The lowest BCUT2D eigenvalue weighted by Gasteiger charge is -2.30. The Bertz CT molecular complexity index is 673. The molecular formula is C18H24N2O5. The van der Waals surface area contributed by atoms with Crippen molar-refractivity contribution in [3.8, 4) is 0 Å². The van der Waals surface area contributed by atoms with Crippen LogP contribution in [0.15, 0.2) is 18.2 Å². The van der Waals surface area contributed by atoms with Gasteiger partial charge < -0.3 is 10.1 Å². The lowest BCUT2D eigenvalue weighted by Crippen LogP contribution is -2.45. The molecule has 2 rings (SSSR count). The van der Waals surface area contributed by atoms with Crippen LogP contribution in [0.5, 0.6) is 0 Å². The Kier molecular flexibility index (Phi) is 6.12. The molecule has 1 aromatic carbocycles. The zero-order chi connectivity index (χ0) is 18.6. The summed E-state index contributed by atoms with van der Waals surface area (Å²) in [5, 5.41) is 13.8. The molecule has 1 aromatic rings. The van der Waals surface area contributed by atoms with Crippen molar-refractivity contribution in [3.63, 3.8) is 0 Å². The third kappa shape index (κ3) is 4.78. The van der Waals surface area contributed by atoms with Crippen molar-refractivity contribution in [2.75, 3.05) is 0 Å². The highest BCUT2D eigenvalue weighted by Gasteiger charge is 2.26. The van der Waals surface area contributed by atoms with Crippen LogP contribution in [0.4, 0.5) is 5.69 Å². The fraction of sp³-hybridized carbons (Fsp3) is 0.556. The van der Waals surface area contributed by atoms with E-state index in [1.807, 2.05) is 0 Å². The standard InChI is InChI=1S/C18H24N2O5/c1-11-6-4-5-7-15(11)19-17(21)13(3)25-18(22)14-8-9-16(20(23)24)12(2)10-14/h8-11,13,15H,4-7H2,1-3H3,(H,19,21)/t11-,13-,15-/m0/s1. The van der Waals surface area contributed by atoms with E-state index in [-0.39, 0.29) is 23.2 Å². The monoisotopic (exact) mass is 348 g/mol. The zero-order valence-corrected chi connectivity index (χ0v) is 14.8. The van der Waals surface area contributed by atoms with Crippen LogP contribution in [-0.2, 0) is 9.53 Å². The van der Waals surface area contributed by atoms with Gasteiger partial charge in [0.25, 0.3) is 11.6 Å². The smallest absolute Gasteiger partial charge is 0.338 e. The number of carbonyl (C=O) groups is 2. The molecule has 0 unspecified atom stereocenters. The number of ether oxygens (including phenoxy) is 1. The Morgan fingerprint density at radius 3 is 2.60 bits per heavy atom. The van der Waals surface area contributed by atoms with Crippen molar-refractivity contribution < 1.29 is 19.2 Å². The van der Waals surface area contributed by atoms with E-state index in [1.54, 1.807) is 6.92 Å². The maximum absolute atomic E-state index is 12.3. The molecule has 1 saturated carbocycles. The summed E-state index contributed by atoms with van der Waals surface area (Å²) in [5.41, 5.74) is 0.495. The first-order valence-electron chi connectivity index (χ1n) is 8.56. The lowest BCUT2D eigenvalue weighted by molar-refractivity contribution is -0.385. The molecule has 1 fully saturated rings. The molecule has 25 heavy (non-hydrogen) atoms. The molecule has 0 bridgehead atoms. The highest BCUT2D eigenvalue weighted by molar-refractivity contribution is 5.92. The summed E-state index contributed by atoms with van der Waals surface area (Å²) < 4.78 is 5.21. The van der Waals surface area contributed by atoms with E-state index < -0.39 is 17.0 Å². The Morgan fingerprint density at radius 2 is 2.00 bits per heavy atom. The van der Waals surface area contributed by atoms with E-state index in [0.717, 1.165) is 19.3 Å². The first-order valence-corrected chi connectivity index (χ1v) is 8.56. The van der Waals surface area contributed by atoms with Gasteiger partial charge in [0.2, 0.25) is 0 Å². The van der Waals surface area contributed by atoms with Gasteiger partial charge in [-0.25, -0.2) is 4.79 Å². The molecule has 1 aliphatic rings. The summed E-state index contributed by atoms with van der Waals surface area (Å²) in [7, 11) is 0. The van der Waals surface area contributed by atoms with Gasteiger partial charge in [-0.05, 0) is 44.7 Å². The molecule has 1 amide bonds. The van der Waals surface area contributed by atoms with Crippen LogP contribution in [-0.4, -0.2) is 28.9 Å². The van der Waals surface area contributed by atoms with Crippen LogP contribution in [0.3, 0.4) is 0 Å². The number of hydrogen-bond donors (Lipinski definition) is 1. The molecule has 0 heterocycles. The minimum Gasteiger partial charge on any atom is -0.449 e. The predicted molar refractivity (Wildman–Crippen MR) is 92.3 cm³/mol. The van der Waals surface area contributed by atoms with Crippen LogP contribution in [0.25, 0.3) is 0 Å². The van der Waals surface area contributed by atoms with Gasteiger partial charge in [-0.1, -0.05) is 19.8 Å². The lowest BCUT2D eigenvalue weighted by atomic mass is 9.86. The third-order valence-corrected chi connectivity index (χ3v) is 4.72. The molecular weight excluding hydrogens is 324 g/mol. The molecule has 7 heteroatoms. The summed E-state index contributed by atoms with van der Waals surface area (Å²) >= 11 is 0. The molecule has 0 aromatic heterocycles. The SMILES string of the molecule is Cc1cc(C(=O)O[C@@H](C)C(=O)N[C@H]2CCCC[C@@H]2C)ccc1[N+](=O)[O-]. The van der Waals surface area contributed by atoms with Gasteiger partial charge in [-0.3, -0.25) is 14.9 Å². The first kappa shape index (κ1) is 18.9. The van der Waals surface area contributed by atoms with Crippen molar-refractivity contribution >= 4 is 17.6 Å². The van der Waals surface area contributed by atoms with Crippen molar-refractivity contribution in [2.24, 2.45) is 5.92 Å². The van der Waals surface area contributed by atoms with E-state index >= 15 is 0 Å². The van der Waals surface area contributed by atoms with E-state index in [4.69, 9.17) is 4.74 Å². The number of nitrogens with one attached hydrogen (secondary N) is 1. The van der Waals surface area contributed by atoms with Gasteiger partial charge in [0.1, 0.15) is 0 Å². The van der Waals surface area contributed by atoms with E-state index in [2.05, 4.69) is 12.2 Å². The van der Waals surface area contributed by atoms with Crippen molar-refractivity contribution in [1.29, 1.82) is 0 Å². The van der Waals surface area contributed by atoms with E-state index in [0.29, 0.717) is 11.5 Å². The second-order valence-corrected chi connectivity index (χ2v) is 6.68. The average Bonchev–Trinajstić information content (AvgIpc) is 2.56. The number of nitro groups is 1. The summed E-state index contributed by atoms with van der Waals surface area (Å²) in [4.78, 5) is 34.7. The maximum atomic E-state index is 12.3. The van der Waals surface area contributed by atoms with Gasteiger partial charge >= 0.3 is 5.97 Å². The van der Waals surface area contributed by atoms with Gasteiger partial charge in [0, 0.05) is 17.7 Å². The number of rotatable bonds is 5. The van der Waals surface area contributed by atoms with Gasteiger partial charge in [-0.15, -0.1) is 0 Å². The molecule has 0 aliphatic heterocycles. The Labute approximate surface area is 146 Å². The molecule has 7 nitrogen and oxygen atoms in total. The van der Waals surface area contributed by atoms with Gasteiger partial charge in [0.05, 0.1) is 10.5 Å². The first-order chi connectivity index (χ1) is 11.8. The summed E-state index contributed by atoms with van der Waals surface area (Å²) in [5.74, 6) is -0.569. The highest BCUT2D eigenvalue weighted by Crippen LogP contribution is 2.24.